The molecule has 0 aromatic heterocycles. The smallest absolute Gasteiger partial charge is 0.258 e. The molecule has 4 rings (SSSR count). The molecular weight excluding hydrogens is 644 g/mol. The van der Waals surface area contributed by atoms with Crippen molar-refractivity contribution in [1.29, 1.82) is 0 Å². The summed E-state index contributed by atoms with van der Waals surface area (Å²) >= 11 is 9.86. The SMILES string of the molecule is CCN(CC)CCN(C)C(=O)CC1CCCN(C(=O)c2ccc(NC(=O)c3ccccc3Br)c(OC)c2)c2ccc(Cl)cc21. The normalized spacial score (nSPS) is 14.5. The second-order valence-electron chi connectivity index (χ2n) is 10.9. The van der Waals surface area contributed by atoms with Crippen molar-refractivity contribution >= 4 is 56.6 Å². The van der Waals surface area contributed by atoms with Crippen LogP contribution < -0.4 is 15.0 Å². The molecule has 0 bridgehead atoms. The topological polar surface area (TPSA) is 82.2 Å². The Morgan fingerprint density at radius 3 is 2.50 bits per heavy atom. The van der Waals surface area contributed by atoms with Gasteiger partial charge in [-0.2, -0.15) is 0 Å². The maximum atomic E-state index is 14.0. The summed E-state index contributed by atoms with van der Waals surface area (Å²) < 4.78 is 6.25. The lowest BCUT2D eigenvalue weighted by Crippen LogP contribution is -2.36. The molecule has 1 heterocycles. The fraction of sp³-hybridized carbons (Fsp3) is 0.382. The van der Waals surface area contributed by atoms with Crippen molar-refractivity contribution in [2.75, 3.05) is 57.1 Å². The Kier molecular flexibility index (Phi) is 11.8. The van der Waals surface area contributed by atoms with E-state index < -0.39 is 0 Å². The summed E-state index contributed by atoms with van der Waals surface area (Å²) in [5.74, 6) is -0.0999. The Hall–Kier alpha value is -3.40. The predicted octanol–water partition coefficient (Wildman–Crippen LogP) is 7.08. The molecule has 3 aromatic carbocycles. The first-order valence-corrected chi connectivity index (χ1v) is 16.1. The minimum absolute atomic E-state index is 0.0608. The van der Waals surface area contributed by atoms with Crippen LogP contribution in [0, 0.1) is 0 Å². The Bertz CT molecular complexity index is 1500. The van der Waals surface area contributed by atoms with E-state index in [-0.39, 0.29) is 23.6 Å². The average molecular weight is 684 g/mol. The van der Waals surface area contributed by atoms with E-state index in [4.69, 9.17) is 16.3 Å². The summed E-state index contributed by atoms with van der Waals surface area (Å²) in [6.07, 6.45) is 1.84. The van der Waals surface area contributed by atoms with Crippen molar-refractivity contribution in [3.8, 4) is 5.75 Å². The van der Waals surface area contributed by atoms with E-state index in [1.165, 1.54) is 7.11 Å². The van der Waals surface area contributed by atoms with Gasteiger partial charge in [0.15, 0.2) is 0 Å². The fourth-order valence-electron chi connectivity index (χ4n) is 5.53. The van der Waals surface area contributed by atoms with Crippen LogP contribution in [-0.2, 0) is 4.79 Å². The third kappa shape index (κ3) is 8.00. The van der Waals surface area contributed by atoms with Crippen molar-refractivity contribution < 1.29 is 19.1 Å². The summed E-state index contributed by atoms with van der Waals surface area (Å²) in [6, 6.07) is 17.7. The van der Waals surface area contributed by atoms with Crippen LogP contribution in [0.1, 0.15) is 65.3 Å². The number of halogens is 2. The first kappa shape index (κ1) is 33.5. The monoisotopic (exact) mass is 682 g/mol. The highest BCUT2D eigenvalue weighted by Crippen LogP contribution is 2.39. The molecule has 0 aliphatic carbocycles. The summed E-state index contributed by atoms with van der Waals surface area (Å²) in [5, 5.41) is 3.45. The van der Waals surface area contributed by atoms with E-state index in [0.717, 1.165) is 43.7 Å². The Morgan fingerprint density at radius 1 is 1.05 bits per heavy atom. The zero-order chi connectivity index (χ0) is 31.8. The Balaban J connectivity index is 1.54. The highest BCUT2D eigenvalue weighted by Gasteiger charge is 2.30. The second kappa shape index (κ2) is 15.5. The number of methoxy groups -OCH3 is 1. The van der Waals surface area contributed by atoms with Gasteiger partial charge in [0.2, 0.25) is 5.91 Å². The second-order valence-corrected chi connectivity index (χ2v) is 12.2. The number of ether oxygens (including phenoxy) is 1. The third-order valence-corrected chi connectivity index (χ3v) is 9.13. The van der Waals surface area contributed by atoms with Gasteiger partial charge >= 0.3 is 0 Å². The molecule has 0 radical (unpaired) electrons. The number of amides is 3. The summed E-state index contributed by atoms with van der Waals surface area (Å²) in [5.41, 5.74) is 3.02. The van der Waals surface area contributed by atoms with Crippen LogP contribution >= 0.6 is 27.5 Å². The van der Waals surface area contributed by atoms with Gasteiger partial charge in [0.05, 0.1) is 18.4 Å². The van der Waals surface area contributed by atoms with Crippen molar-refractivity contribution in [2.45, 2.75) is 39.0 Å². The summed E-state index contributed by atoms with van der Waals surface area (Å²) in [6.45, 7) is 8.15. The van der Waals surface area contributed by atoms with Crippen LogP contribution in [0.3, 0.4) is 0 Å². The molecule has 1 N–H and O–H groups in total. The number of anilines is 2. The van der Waals surface area contributed by atoms with Gasteiger partial charge < -0.3 is 24.8 Å². The first-order valence-electron chi connectivity index (χ1n) is 15.0. The Morgan fingerprint density at radius 2 is 1.80 bits per heavy atom. The number of nitrogens with one attached hydrogen (secondary N) is 1. The molecule has 3 aromatic rings. The quantitative estimate of drug-likeness (QED) is 0.234. The third-order valence-electron chi connectivity index (χ3n) is 8.21. The minimum Gasteiger partial charge on any atom is -0.495 e. The lowest BCUT2D eigenvalue weighted by molar-refractivity contribution is -0.130. The zero-order valence-corrected chi connectivity index (χ0v) is 28.1. The van der Waals surface area contributed by atoms with Gasteiger partial charge in [0.25, 0.3) is 11.8 Å². The maximum absolute atomic E-state index is 14.0. The van der Waals surface area contributed by atoms with Crippen LogP contribution in [0.15, 0.2) is 65.1 Å². The van der Waals surface area contributed by atoms with Gasteiger partial charge in [-0.05, 0) is 102 Å². The van der Waals surface area contributed by atoms with Crippen LogP contribution in [0.4, 0.5) is 11.4 Å². The van der Waals surface area contributed by atoms with Gasteiger partial charge in [-0.25, -0.2) is 0 Å². The largest absolute Gasteiger partial charge is 0.495 e. The zero-order valence-electron chi connectivity index (χ0n) is 25.7. The fourth-order valence-corrected chi connectivity index (χ4v) is 6.18. The standard InChI is InChI=1S/C34H40BrClN4O4/c1-5-39(6-2)19-18-38(3)32(41)21-23-10-9-17-40(30-16-14-25(36)22-27(23)30)34(43)24-13-15-29(31(20-24)44-4)37-33(42)26-11-7-8-12-28(26)35/h7-8,11-16,20,22-23H,5-6,9-10,17-19,21H2,1-4H3,(H,37,42). The highest BCUT2D eigenvalue weighted by atomic mass is 79.9. The lowest BCUT2D eigenvalue weighted by atomic mass is 9.90. The number of carbonyl (C=O) groups is 3. The molecule has 0 fully saturated rings. The van der Waals surface area contributed by atoms with Gasteiger partial charge in [0.1, 0.15) is 5.75 Å². The number of rotatable bonds is 11. The molecule has 44 heavy (non-hydrogen) atoms. The molecular formula is C34H40BrClN4O4. The van der Waals surface area contributed by atoms with Crippen LogP contribution in [-0.4, -0.2) is 74.4 Å². The molecule has 1 aliphatic rings. The predicted molar refractivity (Wildman–Crippen MR) is 180 cm³/mol. The number of likely N-dealkylation sites (N-methyl/N-ethyl adjacent to an activating group) is 2. The number of hydrogen-bond acceptors (Lipinski definition) is 5. The molecule has 1 aliphatic heterocycles. The molecule has 3 amide bonds. The molecule has 10 heteroatoms. The molecule has 1 atom stereocenters. The average Bonchev–Trinajstić information content (AvgIpc) is 3.20. The molecule has 0 saturated carbocycles. The van der Waals surface area contributed by atoms with Crippen LogP contribution in [0.25, 0.3) is 0 Å². The lowest BCUT2D eigenvalue weighted by Gasteiger charge is -2.26. The van der Waals surface area contributed by atoms with E-state index in [0.29, 0.717) is 51.6 Å². The first-order chi connectivity index (χ1) is 21.2. The van der Waals surface area contributed by atoms with Gasteiger partial charge in [0, 0.05) is 53.8 Å². The van der Waals surface area contributed by atoms with Crippen molar-refractivity contribution in [2.24, 2.45) is 0 Å². The van der Waals surface area contributed by atoms with Gasteiger partial charge in [-0.1, -0.05) is 37.6 Å². The van der Waals surface area contributed by atoms with E-state index in [1.807, 2.05) is 25.2 Å². The molecule has 234 valence electrons. The minimum atomic E-state index is -0.299. The number of carbonyl (C=O) groups excluding carboxylic acids is 3. The number of benzene rings is 3. The molecule has 0 saturated heterocycles. The molecule has 8 nitrogen and oxygen atoms in total. The molecule has 1 unspecified atom stereocenters. The number of fused-ring (bicyclic) bond motifs is 1. The maximum Gasteiger partial charge on any atom is 0.258 e. The van der Waals surface area contributed by atoms with Crippen LogP contribution in [0.5, 0.6) is 5.75 Å². The van der Waals surface area contributed by atoms with E-state index >= 15 is 0 Å². The van der Waals surface area contributed by atoms with E-state index in [9.17, 15) is 14.4 Å². The number of nitrogens with zero attached hydrogens (tertiary/aromatic N) is 3. The molecule has 0 spiro atoms. The van der Waals surface area contributed by atoms with E-state index in [1.54, 1.807) is 52.3 Å². The number of hydrogen-bond donors (Lipinski definition) is 1. The van der Waals surface area contributed by atoms with Crippen LogP contribution in [0.2, 0.25) is 5.02 Å². The summed E-state index contributed by atoms with van der Waals surface area (Å²) in [4.78, 5) is 46.0. The highest BCUT2D eigenvalue weighted by molar-refractivity contribution is 9.10. The van der Waals surface area contributed by atoms with E-state index in [2.05, 4.69) is 40.0 Å². The van der Waals surface area contributed by atoms with Gasteiger partial charge in [-0.3, -0.25) is 14.4 Å². The summed E-state index contributed by atoms with van der Waals surface area (Å²) in [7, 11) is 3.36. The van der Waals surface area contributed by atoms with Gasteiger partial charge in [-0.15, -0.1) is 0 Å². The van der Waals surface area contributed by atoms with Crippen molar-refractivity contribution in [3.63, 3.8) is 0 Å². The Labute approximate surface area is 273 Å². The van der Waals surface area contributed by atoms with Crippen molar-refractivity contribution in [3.05, 3.63) is 86.8 Å². The van der Waals surface area contributed by atoms with Crippen molar-refractivity contribution in [1.82, 2.24) is 9.80 Å².